The Morgan fingerprint density at radius 3 is 2.09 bits per heavy atom. The summed E-state index contributed by atoms with van der Waals surface area (Å²) in [6.07, 6.45) is 2.98. The molecular formula is C28H30N4O3. The molecule has 1 saturated carbocycles. The van der Waals surface area contributed by atoms with Crippen LogP contribution in [0.4, 0.5) is 22.7 Å². The van der Waals surface area contributed by atoms with E-state index in [9.17, 15) is 14.4 Å². The number of aryl methyl sites for hydroxylation is 1. The molecule has 0 spiro atoms. The third-order valence-electron chi connectivity index (χ3n) is 5.92. The Kier molecular flexibility index (Phi) is 7.77. The Balaban J connectivity index is 1.22. The average Bonchev–Trinajstić information content (AvgIpc) is 3.71. The third kappa shape index (κ3) is 7.17. The quantitative estimate of drug-likeness (QED) is 0.336. The fourth-order valence-corrected chi connectivity index (χ4v) is 3.66. The lowest BCUT2D eigenvalue weighted by Crippen LogP contribution is -2.22. The summed E-state index contributed by atoms with van der Waals surface area (Å²) in [7, 11) is 0. The van der Waals surface area contributed by atoms with Crippen LogP contribution in [0.2, 0.25) is 0 Å². The fraction of sp³-hybridized carbons (Fsp3) is 0.250. The second kappa shape index (κ2) is 11.3. The SMILES string of the molecule is Cc1c(NC(=O)CNc2ccc(NC(=O)CCc3ccccc3)cc2)cccc1NC(=O)C1CC1. The molecule has 1 fully saturated rings. The molecule has 0 radical (unpaired) electrons. The van der Waals surface area contributed by atoms with Gasteiger partial charge in [0, 0.05) is 35.1 Å². The summed E-state index contributed by atoms with van der Waals surface area (Å²) in [5.41, 5.74) is 4.81. The van der Waals surface area contributed by atoms with Crippen LogP contribution >= 0.6 is 0 Å². The van der Waals surface area contributed by atoms with Crippen molar-refractivity contribution in [3.8, 4) is 0 Å². The summed E-state index contributed by atoms with van der Waals surface area (Å²) in [4.78, 5) is 36.7. The first-order chi connectivity index (χ1) is 17.0. The zero-order valence-electron chi connectivity index (χ0n) is 19.8. The highest BCUT2D eigenvalue weighted by Gasteiger charge is 2.29. The predicted molar refractivity (Wildman–Crippen MR) is 139 cm³/mol. The molecule has 35 heavy (non-hydrogen) atoms. The van der Waals surface area contributed by atoms with Crippen molar-refractivity contribution in [2.24, 2.45) is 5.92 Å². The van der Waals surface area contributed by atoms with Crippen LogP contribution in [0.25, 0.3) is 0 Å². The van der Waals surface area contributed by atoms with E-state index < -0.39 is 0 Å². The normalized spacial score (nSPS) is 12.5. The van der Waals surface area contributed by atoms with E-state index in [1.165, 1.54) is 0 Å². The largest absolute Gasteiger partial charge is 0.376 e. The van der Waals surface area contributed by atoms with Crippen molar-refractivity contribution >= 4 is 40.5 Å². The molecule has 0 atom stereocenters. The van der Waals surface area contributed by atoms with E-state index >= 15 is 0 Å². The Labute approximate surface area is 205 Å². The van der Waals surface area contributed by atoms with Gasteiger partial charge >= 0.3 is 0 Å². The highest BCUT2D eigenvalue weighted by Crippen LogP contribution is 2.31. The van der Waals surface area contributed by atoms with Crippen LogP contribution in [0.15, 0.2) is 72.8 Å². The van der Waals surface area contributed by atoms with Crippen LogP contribution in [0, 0.1) is 12.8 Å². The van der Waals surface area contributed by atoms with E-state index in [1.54, 1.807) is 12.1 Å². The highest BCUT2D eigenvalue weighted by molar-refractivity contribution is 5.98. The first-order valence-corrected chi connectivity index (χ1v) is 11.9. The van der Waals surface area contributed by atoms with Crippen molar-refractivity contribution in [3.63, 3.8) is 0 Å². The minimum atomic E-state index is -0.197. The number of hydrogen-bond donors (Lipinski definition) is 4. The number of anilines is 4. The monoisotopic (exact) mass is 470 g/mol. The molecular weight excluding hydrogens is 440 g/mol. The molecule has 4 N–H and O–H groups in total. The van der Waals surface area contributed by atoms with Crippen LogP contribution in [-0.2, 0) is 20.8 Å². The topological polar surface area (TPSA) is 99.3 Å². The number of carbonyl (C=O) groups excluding carboxylic acids is 3. The number of nitrogens with one attached hydrogen (secondary N) is 4. The fourth-order valence-electron chi connectivity index (χ4n) is 3.66. The molecule has 1 aliphatic carbocycles. The zero-order chi connectivity index (χ0) is 24.6. The van der Waals surface area contributed by atoms with Crippen LogP contribution < -0.4 is 21.3 Å². The number of carbonyl (C=O) groups is 3. The summed E-state index contributed by atoms with van der Waals surface area (Å²) in [5.74, 6) is -0.0863. The Hall–Kier alpha value is -4.13. The molecule has 0 saturated heterocycles. The molecule has 3 aromatic rings. The maximum absolute atomic E-state index is 12.5. The van der Waals surface area contributed by atoms with E-state index in [0.29, 0.717) is 29.9 Å². The van der Waals surface area contributed by atoms with Gasteiger partial charge in [-0.15, -0.1) is 0 Å². The van der Waals surface area contributed by atoms with E-state index in [2.05, 4.69) is 21.3 Å². The van der Waals surface area contributed by atoms with Crippen molar-refractivity contribution < 1.29 is 14.4 Å². The van der Waals surface area contributed by atoms with Crippen LogP contribution in [0.5, 0.6) is 0 Å². The summed E-state index contributed by atoms with van der Waals surface area (Å²) >= 11 is 0. The molecule has 180 valence electrons. The number of benzene rings is 3. The van der Waals surface area contributed by atoms with Crippen molar-refractivity contribution in [1.82, 2.24) is 0 Å². The highest BCUT2D eigenvalue weighted by atomic mass is 16.2. The molecule has 7 heteroatoms. The second-order valence-electron chi connectivity index (χ2n) is 8.75. The van der Waals surface area contributed by atoms with Gasteiger partial charge in [-0.25, -0.2) is 0 Å². The first-order valence-electron chi connectivity index (χ1n) is 11.9. The van der Waals surface area contributed by atoms with Gasteiger partial charge in [0.15, 0.2) is 0 Å². The molecule has 0 heterocycles. The summed E-state index contributed by atoms with van der Waals surface area (Å²) < 4.78 is 0. The lowest BCUT2D eigenvalue weighted by Gasteiger charge is -2.14. The van der Waals surface area contributed by atoms with Gasteiger partial charge in [-0.05, 0) is 73.7 Å². The average molecular weight is 471 g/mol. The van der Waals surface area contributed by atoms with Gasteiger partial charge in [0.2, 0.25) is 17.7 Å². The van der Waals surface area contributed by atoms with Gasteiger partial charge in [0.05, 0.1) is 6.54 Å². The Morgan fingerprint density at radius 2 is 1.40 bits per heavy atom. The van der Waals surface area contributed by atoms with Crippen molar-refractivity contribution in [3.05, 3.63) is 83.9 Å². The van der Waals surface area contributed by atoms with Crippen molar-refractivity contribution in [2.45, 2.75) is 32.6 Å². The van der Waals surface area contributed by atoms with E-state index in [-0.39, 0.29) is 30.2 Å². The maximum atomic E-state index is 12.5. The molecule has 0 bridgehead atoms. The van der Waals surface area contributed by atoms with Crippen LogP contribution in [0.1, 0.15) is 30.4 Å². The summed E-state index contributed by atoms with van der Waals surface area (Å²) in [6, 6.07) is 22.6. The Morgan fingerprint density at radius 1 is 0.743 bits per heavy atom. The summed E-state index contributed by atoms with van der Waals surface area (Å²) in [5, 5.41) is 11.8. The van der Waals surface area contributed by atoms with Crippen molar-refractivity contribution in [2.75, 3.05) is 27.8 Å². The van der Waals surface area contributed by atoms with E-state index in [0.717, 1.165) is 29.7 Å². The lowest BCUT2D eigenvalue weighted by molar-refractivity contribution is -0.117. The van der Waals surface area contributed by atoms with Gasteiger partial charge in [-0.1, -0.05) is 36.4 Å². The second-order valence-corrected chi connectivity index (χ2v) is 8.75. The van der Waals surface area contributed by atoms with Gasteiger partial charge in [0.25, 0.3) is 0 Å². The molecule has 3 amide bonds. The van der Waals surface area contributed by atoms with E-state index in [4.69, 9.17) is 0 Å². The predicted octanol–water partition coefficient (Wildman–Crippen LogP) is 4.97. The Bertz CT molecular complexity index is 1190. The number of rotatable bonds is 10. The molecule has 0 unspecified atom stereocenters. The van der Waals surface area contributed by atoms with Gasteiger partial charge < -0.3 is 21.3 Å². The number of hydrogen-bond acceptors (Lipinski definition) is 4. The first kappa shape index (κ1) is 24.0. The standard InChI is InChI=1S/C28H30N4O3/c1-19-24(8-5-9-25(19)32-28(35)21-11-12-21)31-27(34)18-29-22-13-15-23(16-14-22)30-26(33)17-10-20-6-3-2-4-7-20/h2-9,13-16,21,29H,10-12,17-18H2,1H3,(H,30,33)(H,31,34)(H,32,35). The third-order valence-corrected chi connectivity index (χ3v) is 5.92. The van der Waals surface area contributed by atoms with Gasteiger partial charge in [0.1, 0.15) is 0 Å². The molecule has 0 aliphatic heterocycles. The summed E-state index contributed by atoms with van der Waals surface area (Å²) in [6.45, 7) is 1.96. The maximum Gasteiger partial charge on any atom is 0.243 e. The molecule has 0 aromatic heterocycles. The van der Waals surface area contributed by atoms with Crippen LogP contribution in [-0.4, -0.2) is 24.3 Å². The van der Waals surface area contributed by atoms with Gasteiger partial charge in [-0.2, -0.15) is 0 Å². The molecule has 4 rings (SSSR count). The molecule has 3 aromatic carbocycles. The van der Waals surface area contributed by atoms with Gasteiger partial charge in [-0.3, -0.25) is 14.4 Å². The molecule has 7 nitrogen and oxygen atoms in total. The smallest absolute Gasteiger partial charge is 0.243 e. The lowest BCUT2D eigenvalue weighted by atomic mass is 10.1. The van der Waals surface area contributed by atoms with Crippen LogP contribution in [0.3, 0.4) is 0 Å². The number of amides is 3. The van der Waals surface area contributed by atoms with Crippen molar-refractivity contribution in [1.29, 1.82) is 0 Å². The zero-order valence-corrected chi connectivity index (χ0v) is 19.8. The minimum Gasteiger partial charge on any atom is -0.376 e. The van der Waals surface area contributed by atoms with E-state index in [1.807, 2.05) is 67.6 Å². The minimum absolute atomic E-state index is 0.0362. The molecule has 1 aliphatic rings.